The van der Waals surface area contributed by atoms with Crippen molar-refractivity contribution in [1.82, 2.24) is 10.2 Å². The minimum atomic E-state index is -0.112. The van der Waals surface area contributed by atoms with Gasteiger partial charge >= 0.3 is 5.97 Å². The zero-order valence-electron chi connectivity index (χ0n) is 10.9. The van der Waals surface area contributed by atoms with Crippen molar-refractivity contribution in [2.24, 2.45) is 0 Å². The minimum absolute atomic E-state index is 0.112. The molecule has 0 aromatic heterocycles. The van der Waals surface area contributed by atoms with Gasteiger partial charge in [-0.15, -0.1) is 0 Å². The summed E-state index contributed by atoms with van der Waals surface area (Å²) >= 11 is 0. The van der Waals surface area contributed by atoms with Crippen LogP contribution in [0.4, 0.5) is 0 Å². The highest BCUT2D eigenvalue weighted by Gasteiger charge is 2.01. The second-order valence-electron chi connectivity index (χ2n) is 3.69. The van der Waals surface area contributed by atoms with Crippen LogP contribution >= 0.6 is 0 Å². The molecule has 0 heterocycles. The van der Waals surface area contributed by atoms with Gasteiger partial charge in [-0.05, 0) is 39.5 Å². The highest BCUT2D eigenvalue weighted by atomic mass is 16.5. The molecule has 0 aliphatic carbocycles. The first-order valence-corrected chi connectivity index (χ1v) is 6.33. The maximum atomic E-state index is 11.0. The van der Waals surface area contributed by atoms with Gasteiger partial charge in [0.25, 0.3) is 0 Å². The number of hydrogen-bond donors (Lipinski definition) is 1. The molecule has 0 fully saturated rings. The monoisotopic (exact) mass is 230 g/mol. The summed E-state index contributed by atoms with van der Waals surface area (Å²) < 4.78 is 4.83. The number of rotatable bonds is 10. The first-order chi connectivity index (χ1) is 7.74. The third-order valence-corrected chi connectivity index (χ3v) is 2.53. The topological polar surface area (TPSA) is 41.6 Å². The Morgan fingerprint density at radius 1 is 1.19 bits per heavy atom. The highest BCUT2D eigenvalue weighted by Crippen LogP contribution is 1.90. The predicted octanol–water partition coefficient (Wildman–Crippen LogP) is 1.26. The average Bonchev–Trinajstić information content (AvgIpc) is 2.29. The summed E-state index contributed by atoms with van der Waals surface area (Å²) in [4.78, 5) is 13.4. The van der Waals surface area contributed by atoms with Crippen LogP contribution in [0.1, 0.15) is 33.6 Å². The fourth-order valence-electron chi connectivity index (χ4n) is 1.52. The molecular weight excluding hydrogens is 204 g/mol. The Bertz CT molecular complexity index is 170. The molecule has 0 spiro atoms. The Kier molecular flexibility index (Phi) is 10.5. The van der Waals surface area contributed by atoms with Crippen LogP contribution in [0, 0.1) is 0 Å². The fourth-order valence-corrected chi connectivity index (χ4v) is 1.52. The average molecular weight is 230 g/mol. The van der Waals surface area contributed by atoms with E-state index in [9.17, 15) is 4.79 Å². The van der Waals surface area contributed by atoms with Gasteiger partial charge in [0.2, 0.25) is 0 Å². The van der Waals surface area contributed by atoms with E-state index in [1.54, 1.807) is 0 Å². The SMILES string of the molecule is CCOC(=O)CCNCCCN(CC)CC. The molecule has 0 bridgehead atoms. The van der Waals surface area contributed by atoms with Crippen LogP contribution in [0.2, 0.25) is 0 Å². The van der Waals surface area contributed by atoms with E-state index in [0.717, 1.165) is 39.1 Å². The number of carbonyl (C=O) groups is 1. The molecule has 0 aliphatic heterocycles. The number of hydrogen-bond acceptors (Lipinski definition) is 4. The zero-order valence-corrected chi connectivity index (χ0v) is 10.9. The van der Waals surface area contributed by atoms with Gasteiger partial charge in [0.1, 0.15) is 0 Å². The molecule has 0 unspecified atom stereocenters. The number of ether oxygens (including phenoxy) is 1. The molecule has 1 N–H and O–H groups in total. The van der Waals surface area contributed by atoms with E-state index in [1.165, 1.54) is 0 Å². The second-order valence-corrected chi connectivity index (χ2v) is 3.69. The molecule has 0 atom stereocenters. The Labute approximate surface area is 99.3 Å². The quantitative estimate of drug-likeness (QED) is 0.453. The van der Waals surface area contributed by atoms with Crippen molar-refractivity contribution in [3.05, 3.63) is 0 Å². The molecular formula is C12H26N2O2. The molecule has 0 saturated carbocycles. The molecule has 0 aliphatic rings. The lowest BCUT2D eigenvalue weighted by Gasteiger charge is -2.17. The van der Waals surface area contributed by atoms with Crippen LogP contribution in [0.3, 0.4) is 0 Å². The number of esters is 1. The fraction of sp³-hybridized carbons (Fsp3) is 0.917. The summed E-state index contributed by atoms with van der Waals surface area (Å²) in [5.74, 6) is -0.112. The molecule has 4 nitrogen and oxygen atoms in total. The standard InChI is InChI=1S/C12H26N2O2/c1-4-14(5-2)11-7-9-13-10-8-12(15)16-6-3/h13H,4-11H2,1-3H3. The molecule has 0 aromatic carbocycles. The van der Waals surface area contributed by atoms with E-state index in [2.05, 4.69) is 24.1 Å². The summed E-state index contributed by atoms with van der Waals surface area (Å²) in [5.41, 5.74) is 0. The van der Waals surface area contributed by atoms with E-state index >= 15 is 0 Å². The van der Waals surface area contributed by atoms with E-state index in [-0.39, 0.29) is 5.97 Å². The van der Waals surface area contributed by atoms with Crippen LogP contribution in [0.5, 0.6) is 0 Å². The molecule has 4 heteroatoms. The van der Waals surface area contributed by atoms with Crippen molar-refractivity contribution < 1.29 is 9.53 Å². The van der Waals surface area contributed by atoms with E-state index < -0.39 is 0 Å². The summed E-state index contributed by atoms with van der Waals surface area (Å²) in [5, 5.41) is 3.25. The molecule has 96 valence electrons. The van der Waals surface area contributed by atoms with E-state index in [4.69, 9.17) is 4.74 Å². The van der Waals surface area contributed by atoms with Crippen molar-refractivity contribution in [3.63, 3.8) is 0 Å². The molecule has 16 heavy (non-hydrogen) atoms. The van der Waals surface area contributed by atoms with Gasteiger partial charge in [-0.3, -0.25) is 4.79 Å². The largest absolute Gasteiger partial charge is 0.466 e. The van der Waals surface area contributed by atoms with Crippen LogP contribution < -0.4 is 5.32 Å². The van der Waals surface area contributed by atoms with Gasteiger partial charge in [0.15, 0.2) is 0 Å². The van der Waals surface area contributed by atoms with Gasteiger partial charge in [0.05, 0.1) is 13.0 Å². The lowest BCUT2D eigenvalue weighted by Crippen LogP contribution is -2.28. The first-order valence-electron chi connectivity index (χ1n) is 6.33. The zero-order chi connectivity index (χ0) is 12.2. The van der Waals surface area contributed by atoms with Crippen LogP contribution in [0.15, 0.2) is 0 Å². The molecule has 0 saturated heterocycles. The van der Waals surface area contributed by atoms with Crippen LogP contribution in [-0.2, 0) is 9.53 Å². The van der Waals surface area contributed by atoms with Crippen molar-refractivity contribution >= 4 is 5.97 Å². The van der Waals surface area contributed by atoms with Gasteiger partial charge in [0, 0.05) is 6.54 Å². The number of nitrogens with one attached hydrogen (secondary N) is 1. The summed E-state index contributed by atoms with van der Waals surface area (Å²) in [7, 11) is 0. The molecule has 0 radical (unpaired) electrons. The Morgan fingerprint density at radius 2 is 1.88 bits per heavy atom. The van der Waals surface area contributed by atoms with Crippen LogP contribution in [-0.4, -0.2) is 50.2 Å². The third kappa shape index (κ3) is 8.68. The molecule has 0 rings (SSSR count). The lowest BCUT2D eigenvalue weighted by atomic mass is 10.3. The minimum Gasteiger partial charge on any atom is -0.466 e. The van der Waals surface area contributed by atoms with Crippen molar-refractivity contribution in [3.8, 4) is 0 Å². The predicted molar refractivity (Wildman–Crippen MR) is 66.5 cm³/mol. The Balaban J connectivity index is 3.24. The smallest absolute Gasteiger partial charge is 0.307 e. The molecule has 0 aromatic rings. The normalized spacial score (nSPS) is 10.8. The maximum absolute atomic E-state index is 11.0. The van der Waals surface area contributed by atoms with Crippen LogP contribution in [0.25, 0.3) is 0 Å². The summed E-state index contributed by atoms with van der Waals surface area (Å²) in [6.45, 7) is 11.7. The highest BCUT2D eigenvalue weighted by molar-refractivity contribution is 5.69. The van der Waals surface area contributed by atoms with Gasteiger partial charge in [-0.2, -0.15) is 0 Å². The van der Waals surface area contributed by atoms with Crippen molar-refractivity contribution in [2.75, 3.05) is 39.3 Å². The Morgan fingerprint density at radius 3 is 2.44 bits per heavy atom. The Hall–Kier alpha value is -0.610. The van der Waals surface area contributed by atoms with E-state index in [1.807, 2.05) is 6.92 Å². The second kappa shape index (κ2) is 10.9. The van der Waals surface area contributed by atoms with Gasteiger partial charge in [-0.25, -0.2) is 0 Å². The number of carbonyl (C=O) groups excluding carboxylic acids is 1. The van der Waals surface area contributed by atoms with Crippen molar-refractivity contribution in [1.29, 1.82) is 0 Å². The van der Waals surface area contributed by atoms with E-state index in [0.29, 0.717) is 13.0 Å². The molecule has 0 amide bonds. The third-order valence-electron chi connectivity index (χ3n) is 2.53. The summed E-state index contributed by atoms with van der Waals surface area (Å²) in [6, 6.07) is 0. The van der Waals surface area contributed by atoms with Gasteiger partial charge < -0.3 is 15.0 Å². The lowest BCUT2D eigenvalue weighted by molar-refractivity contribution is -0.142. The maximum Gasteiger partial charge on any atom is 0.307 e. The van der Waals surface area contributed by atoms with Crippen molar-refractivity contribution in [2.45, 2.75) is 33.6 Å². The number of nitrogens with zero attached hydrogens (tertiary/aromatic N) is 1. The first kappa shape index (κ1) is 15.4. The summed E-state index contributed by atoms with van der Waals surface area (Å²) in [6.07, 6.45) is 1.60. The van der Waals surface area contributed by atoms with Gasteiger partial charge in [-0.1, -0.05) is 13.8 Å².